The fourth-order valence-corrected chi connectivity index (χ4v) is 4.16. The Kier molecular flexibility index (Phi) is 6.35. The Hall–Kier alpha value is -3.48. The largest absolute Gasteiger partial charge is 0.507 e. The van der Waals surface area contributed by atoms with Gasteiger partial charge in [0.1, 0.15) is 17.1 Å². The molecule has 3 aromatic rings. The molecule has 1 aliphatic heterocycles. The Morgan fingerprint density at radius 3 is 2.62 bits per heavy atom. The van der Waals surface area contributed by atoms with Crippen LogP contribution in [-0.2, 0) is 0 Å². The summed E-state index contributed by atoms with van der Waals surface area (Å²) in [5.41, 5.74) is 3.29. The van der Waals surface area contributed by atoms with Crippen molar-refractivity contribution in [2.24, 2.45) is 0 Å². The number of nitrogens with zero attached hydrogens (tertiary/aromatic N) is 2. The minimum atomic E-state index is -0.347. The third-order valence-electron chi connectivity index (χ3n) is 5.70. The summed E-state index contributed by atoms with van der Waals surface area (Å²) in [6, 6.07) is 12.5. The van der Waals surface area contributed by atoms with E-state index in [9.17, 15) is 9.90 Å². The van der Waals surface area contributed by atoms with Crippen LogP contribution < -0.4 is 9.47 Å². The molecule has 2 heterocycles. The zero-order chi connectivity index (χ0) is 22.7. The molecular weight excluding hydrogens is 406 g/mol. The molecule has 1 atom stereocenters. The second-order valence-corrected chi connectivity index (χ2v) is 7.71. The minimum absolute atomic E-state index is 0.108. The van der Waals surface area contributed by atoms with Crippen LogP contribution in [0.3, 0.4) is 0 Å². The van der Waals surface area contributed by atoms with Gasteiger partial charge in [0.15, 0.2) is 11.5 Å². The highest BCUT2D eigenvalue weighted by Crippen LogP contribution is 2.45. The van der Waals surface area contributed by atoms with Crippen LogP contribution >= 0.6 is 0 Å². The summed E-state index contributed by atoms with van der Waals surface area (Å²) in [7, 11) is 0. The fraction of sp³-hybridized carbons (Fsp3) is 0.360. The molecule has 2 aromatic carbocycles. The minimum Gasteiger partial charge on any atom is -0.507 e. The van der Waals surface area contributed by atoms with Crippen molar-refractivity contribution in [3.8, 4) is 28.5 Å². The molecular formula is C25H29N3O4. The third kappa shape index (κ3) is 3.79. The number of H-pyrrole nitrogens is 1. The number of hydrogen-bond donors (Lipinski definition) is 2. The highest BCUT2D eigenvalue weighted by atomic mass is 16.5. The van der Waals surface area contributed by atoms with Gasteiger partial charge in [-0.2, -0.15) is 5.10 Å². The first-order valence-corrected chi connectivity index (χ1v) is 11.2. The second kappa shape index (κ2) is 9.34. The predicted octanol–water partition coefficient (Wildman–Crippen LogP) is 4.93. The maximum absolute atomic E-state index is 13.1. The number of hydrogen-bond acceptors (Lipinski definition) is 5. The molecule has 0 radical (unpaired) electrons. The summed E-state index contributed by atoms with van der Waals surface area (Å²) in [6.45, 7) is 7.68. The summed E-state index contributed by atoms with van der Waals surface area (Å²) in [5, 5.41) is 17.7. The van der Waals surface area contributed by atoms with Gasteiger partial charge in [-0.25, -0.2) is 0 Å². The van der Waals surface area contributed by atoms with Crippen molar-refractivity contribution in [2.45, 2.75) is 39.7 Å². The number of benzene rings is 2. The number of ether oxygens (including phenoxy) is 2. The van der Waals surface area contributed by atoms with Crippen LogP contribution in [0.1, 0.15) is 61.3 Å². The first-order valence-electron chi connectivity index (χ1n) is 11.2. The third-order valence-corrected chi connectivity index (χ3v) is 5.70. The maximum Gasteiger partial charge on any atom is 0.273 e. The number of carbonyl (C=O) groups is 1. The molecule has 4 rings (SSSR count). The van der Waals surface area contributed by atoms with Crippen LogP contribution in [0.5, 0.6) is 17.2 Å². The number of carbonyl (C=O) groups excluding carboxylic acids is 1. The van der Waals surface area contributed by atoms with Gasteiger partial charge in [-0.3, -0.25) is 9.89 Å². The van der Waals surface area contributed by atoms with Gasteiger partial charge in [0.25, 0.3) is 5.91 Å². The van der Waals surface area contributed by atoms with Crippen LogP contribution in [0.25, 0.3) is 11.3 Å². The number of aromatic hydroxyl groups is 1. The predicted molar refractivity (Wildman–Crippen MR) is 122 cm³/mol. The summed E-state index contributed by atoms with van der Waals surface area (Å²) in [6.07, 6.45) is 2.02. The van der Waals surface area contributed by atoms with Gasteiger partial charge >= 0.3 is 0 Å². The molecule has 0 spiro atoms. The fourth-order valence-electron chi connectivity index (χ4n) is 4.16. The summed E-state index contributed by atoms with van der Waals surface area (Å²) in [4.78, 5) is 14.9. The Bertz CT molecular complexity index is 1110. The summed E-state index contributed by atoms with van der Waals surface area (Å²) < 4.78 is 11.8. The van der Waals surface area contributed by atoms with Crippen molar-refractivity contribution in [3.63, 3.8) is 0 Å². The van der Waals surface area contributed by atoms with E-state index in [-0.39, 0.29) is 17.7 Å². The molecule has 1 amide bonds. The first-order chi connectivity index (χ1) is 15.6. The molecule has 7 heteroatoms. The van der Waals surface area contributed by atoms with E-state index in [1.807, 2.05) is 38.1 Å². The standard InChI is InChI=1S/C25H29N3O4/c1-4-7-14-32-19-13-12-16(15-20(19)31-6-3)24-21-22(17-10-8-9-11-18(17)29)26-27-23(21)25(30)28(24)5-2/h8-13,15,24,29H,4-7,14H2,1-3H3,(H,26,27)/t24-/m0/s1. The Balaban J connectivity index is 1.80. The van der Waals surface area contributed by atoms with E-state index in [1.54, 1.807) is 23.1 Å². The number of rotatable bonds is 9. The number of amides is 1. The molecule has 1 aromatic heterocycles. The van der Waals surface area contributed by atoms with Crippen molar-refractivity contribution in [3.05, 3.63) is 59.3 Å². The lowest BCUT2D eigenvalue weighted by Gasteiger charge is -2.26. The maximum atomic E-state index is 13.1. The van der Waals surface area contributed by atoms with Crippen molar-refractivity contribution >= 4 is 5.91 Å². The lowest BCUT2D eigenvalue weighted by Crippen LogP contribution is -2.29. The Labute approximate surface area is 188 Å². The molecule has 0 saturated carbocycles. The number of phenolic OH excluding ortho intramolecular Hbond substituents is 1. The number of aromatic amines is 1. The average Bonchev–Trinajstić information content (AvgIpc) is 3.34. The molecule has 7 nitrogen and oxygen atoms in total. The summed E-state index contributed by atoms with van der Waals surface area (Å²) in [5.74, 6) is 1.37. The van der Waals surface area contributed by atoms with Gasteiger partial charge < -0.3 is 19.5 Å². The molecule has 1 aliphatic rings. The van der Waals surface area contributed by atoms with Crippen molar-refractivity contribution in [2.75, 3.05) is 19.8 Å². The lowest BCUT2D eigenvalue weighted by atomic mass is 9.95. The van der Waals surface area contributed by atoms with E-state index in [0.29, 0.717) is 48.2 Å². The molecule has 0 unspecified atom stereocenters. The van der Waals surface area contributed by atoms with Gasteiger partial charge in [0.05, 0.1) is 19.3 Å². The Morgan fingerprint density at radius 1 is 1.09 bits per heavy atom. The highest BCUT2D eigenvalue weighted by molar-refractivity contribution is 6.00. The monoisotopic (exact) mass is 435 g/mol. The average molecular weight is 436 g/mol. The number of fused-ring (bicyclic) bond motifs is 1. The molecule has 0 fully saturated rings. The molecule has 32 heavy (non-hydrogen) atoms. The summed E-state index contributed by atoms with van der Waals surface area (Å²) >= 11 is 0. The van der Waals surface area contributed by atoms with Gasteiger partial charge in [0.2, 0.25) is 0 Å². The van der Waals surface area contributed by atoms with E-state index in [4.69, 9.17) is 9.47 Å². The first kappa shape index (κ1) is 21.7. The normalized spacial score (nSPS) is 15.2. The van der Waals surface area contributed by atoms with Crippen LogP contribution in [-0.4, -0.2) is 45.9 Å². The molecule has 0 aliphatic carbocycles. The number of nitrogens with one attached hydrogen (secondary N) is 1. The van der Waals surface area contributed by atoms with Crippen molar-refractivity contribution < 1.29 is 19.4 Å². The number of aromatic nitrogens is 2. The van der Waals surface area contributed by atoms with E-state index < -0.39 is 0 Å². The second-order valence-electron chi connectivity index (χ2n) is 7.71. The van der Waals surface area contributed by atoms with Crippen molar-refractivity contribution in [1.29, 1.82) is 0 Å². The molecule has 0 bridgehead atoms. The Morgan fingerprint density at radius 2 is 1.91 bits per heavy atom. The molecule has 0 saturated heterocycles. The van der Waals surface area contributed by atoms with Gasteiger partial charge in [0, 0.05) is 17.7 Å². The van der Waals surface area contributed by atoms with Crippen LogP contribution in [0.15, 0.2) is 42.5 Å². The van der Waals surface area contributed by atoms with Gasteiger partial charge in [-0.15, -0.1) is 0 Å². The number of phenols is 1. The highest BCUT2D eigenvalue weighted by Gasteiger charge is 2.42. The van der Waals surface area contributed by atoms with E-state index in [0.717, 1.165) is 24.0 Å². The van der Waals surface area contributed by atoms with E-state index in [1.165, 1.54) is 0 Å². The van der Waals surface area contributed by atoms with Crippen LogP contribution in [0.2, 0.25) is 0 Å². The quantitative estimate of drug-likeness (QED) is 0.466. The van der Waals surface area contributed by atoms with Gasteiger partial charge in [-0.1, -0.05) is 31.5 Å². The molecule has 2 N–H and O–H groups in total. The van der Waals surface area contributed by atoms with Crippen LogP contribution in [0.4, 0.5) is 0 Å². The van der Waals surface area contributed by atoms with E-state index in [2.05, 4.69) is 17.1 Å². The zero-order valence-corrected chi connectivity index (χ0v) is 18.7. The van der Waals surface area contributed by atoms with E-state index >= 15 is 0 Å². The smallest absolute Gasteiger partial charge is 0.273 e. The van der Waals surface area contributed by atoms with Crippen molar-refractivity contribution in [1.82, 2.24) is 15.1 Å². The molecule has 168 valence electrons. The van der Waals surface area contributed by atoms with Crippen LogP contribution in [0, 0.1) is 0 Å². The topological polar surface area (TPSA) is 87.7 Å². The number of unbranched alkanes of at least 4 members (excludes halogenated alkanes) is 1. The SMILES string of the molecule is CCCCOc1ccc([C@H]2c3c(-c4ccccc4O)n[nH]c3C(=O)N2CC)cc1OCC. The van der Waals surface area contributed by atoms with Gasteiger partial charge in [-0.05, 0) is 50.1 Å². The lowest BCUT2D eigenvalue weighted by molar-refractivity contribution is 0.0753. The zero-order valence-electron chi connectivity index (χ0n) is 18.7. The number of para-hydroxylation sites is 1.